The van der Waals surface area contributed by atoms with Gasteiger partial charge in [0.1, 0.15) is 6.04 Å². The molecule has 8 heteroatoms. The summed E-state index contributed by atoms with van der Waals surface area (Å²) in [6, 6.07) is 19.1. The number of fused-ring (bicyclic) bond motifs is 1. The van der Waals surface area contributed by atoms with Gasteiger partial charge in [-0.3, -0.25) is 0 Å². The van der Waals surface area contributed by atoms with E-state index in [1.54, 1.807) is 0 Å². The van der Waals surface area contributed by atoms with Crippen LogP contribution in [0.3, 0.4) is 0 Å². The van der Waals surface area contributed by atoms with Crippen molar-refractivity contribution < 1.29 is 9.90 Å². The molecule has 5 aromatic rings. The van der Waals surface area contributed by atoms with Crippen molar-refractivity contribution in [3.05, 3.63) is 101 Å². The number of hydrogen-bond acceptors (Lipinski definition) is 5. The Morgan fingerprint density at radius 1 is 1.03 bits per heavy atom. The lowest BCUT2D eigenvalue weighted by Gasteiger charge is -2.20. The number of anilines is 2. The lowest BCUT2D eigenvalue weighted by atomic mass is 10.0. The molecule has 2 aromatic heterocycles. The third-order valence-electron chi connectivity index (χ3n) is 6.42. The van der Waals surface area contributed by atoms with Crippen molar-refractivity contribution in [3.63, 3.8) is 0 Å². The first kappa shape index (κ1) is 24.1. The lowest BCUT2D eigenvalue weighted by Crippen LogP contribution is -2.32. The van der Waals surface area contributed by atoms with Crippen LogP contribution in [0.2, 0.25) is 0 Å². The molecule has 0 saturated heterocycles. The smallest absolute Gasteiger partial charge is 0.326 e. The fourth-order valence-corrected chi connectivity index (χ4v) is 4.62. The molecule has 5 rings (SSSR count). The topological polar surface area (TPSA) is 108 Å². The van der Waals surface area contributed by atoms with Crippen molar-refractivity contribution in [1.29, 1.82) is 0 Å². The number of H-pyrrole nitrogens is 1. The number of nitrogens with zero attached hydrogens (tertiary/aromatic N) is 3. The van der Waals surface area contributed by atoms with E-state index >= 15 is 0 Å². The van der Waals surface area contributed by atoms with E-state index in [2.05, 4.69) is 37.8 Å². The zero-order chi connectivity index (χ0) is 25.9. The molecule has 0 spiro atoms. The van der Waals surface area contributed by atoms with Crippen LogP contribution in [0, 0.1) is 20.8 Å². The molecular formula is C29H30N6O2. The maximum absolute atomic E-state index is 12.0. The minimum absolute atomic E-state index is 0.369. The van der Waals surface area contributed by atoms with E-state index in [4.69, 9.17) is 0 Å². The SMILES string of the molecule is Cc1cc(C)c(NC(Cc2ccc(-n3cc(CNc4nc5ccccc5[nH]4)cn3)cc2)C(=O)O)c(C)c1. The van der Waals surface area contributed by atoms with Gasteiger partial charge in [-0.15, -0.1) is 0 Å². The molecule has 0 aliphatic carbocycles. The summed E-state index contributed by atoms with van der Waals surface area (Å²) in [6.45, 7) is 6.63. The first-order valence-corrected chi connectivity index (χ1v) is 12.2. The van der Waals surface area contributed by atoms with E-state index < -0.39 is 12.0 Å². The molecule has 8 nitrogen and oxygen atoms in total. The van der Waals surface area contributed by atoms with Crippen LogP contribution in [0.25, 0.3) is 16.7 Å². The molecular weight excluding hydrogens is 464 g/mol. The fraction of sp³-hybridized carbons (Fsp3) is 0.207. The molecule has 0 amide bonds. The van der Waals surface area contributed by atoms with Gasteiger partial charge in [0.25, 0.3) is 0 Å². The summed E-state index contributed by atoms with van der Waals surface area (Å²) in [5.41, 5.74) is 8.91. The van der Waals surface area contributed by atoms with E-state index in [0.29, 0.717) is 13.0 Å². The summed E-state index contributed by atoms with van der Waals surface area (Å²) in [6.07, 6.45) is 4.16. The van der Waals surface area contributed by atoms with E-state index in [0.717, 1.165) is 56.2 Å². The van der Waals surface area contributed by atoms with Crippen LogP contribution in [-0.2, 0) is 17.8 Å². The minimum atomic E-state index is -0.878. The Morgan fingerprint density at radius 2 is 1.76 bits per heavy atom. The van der Waals surface area contributed by atoms with Crippen molar-refractivity contribution in [3.8, 4) is 5.69 Å². The summed E-state index contributed by atoms with van der Waals surface area (Å²) in [4.78, 5) is 19.8. The number of carbonyl (C=O) groups is 1. The second kappa shape index (κ2) is 10.2. The largest absolute Gasteiger partial charge is 0.480 e. The normalized spacial score (nSPS) is 12.0. The maximum Gasteiger partial charge on any atom is 0.326 e. The van der Waals surface area contributed by atoms with E-state index in [-0.39, 0.29) is 0 Å². The predicted molar refractivity (Wildman–Crippen MR) is 146 cm³/mol. The highest BCUT2D eigenvalue weighted by Gasteiger charge is 2.20. The molecule has 0 saturated carbocycles. The van der Waals surface area contributed by atoms with Crippen LogP contribution < -0.4 is 10.6 Å². The van der Waals surface area contributed by atoms with E-state index in [1.807, 2.05) is 86.4 Å². The van der Waals surface area contributed by atoms with E-state index in [1.165, 1.54) is 0 Å². The molecule has 0 radical (unpaired) electrons. The number of aliphatic carboxylic acids is 1. The Kier molecular flexibility index (Phi) is 6.64. The van der Waals surface area contributed by atoms with Crippen molar-refractivity contribution in [2.24, 2.45) is 0 Å². The predicted octanol–water partition coefficient (Wildman–Crippen LogP) is 5.39. The summed E-state index contributed by atoms with van der Waals surface area (Å²) in [7, 11) is 0. The number of hydrogen-bond donors (Lipinski definition) is 4. The van der Waals surface area contributed by atoms with Gasteiger partial charge in [-0.25, -0.2) is 14.5 Å². The van der Waals surface area contributed by atoms with Crippen LogP contribution in [0.1, 0.15) is 27.8 Å². The van der Waals surface area contributed by atoms with Crippen molar-refractivity contribution in [1.82, 2.24) is 19.7 Å². The molecule has 2 heterocycles. The molecule has 1 unspecified atom stereocenters. The lowest BCUT2D eigenvalue weighted by molar-refractivity contribution is -0.137. The maximum atomic E-state index is 12.0. The van der Waals surface area contributed by atoms with E-state index in [9.17, 15) is 9.90 Å². The molecule has 0 fully saturated rings. The number of imidazole rings is 1. The first-order valence-electron chi connectivity index (χ1n) is 12.2. The third-order valence-corrected chi connectivity index (χ3v) is 6.42. The highest BCUT2D eigenvalue weighted by molar-refractivity contribution is 5.79. The number of nitrogens with one attached hydrogen (secondary N) is 3. The number of para-hydroxylation sites is 2. The number of rotatable bonds is 9. The summed E-state index contributed by atoms with van der Waals surface area (Å²) in [5, 5.41) is 20.9. The Balaban J connectivity index is 1.23. The second-order valence-corrected chi connectivity index (χ2v) is 9.43. The minimum Gasteiger partial charge on any atom is -0.480 e. The number of carboxylic acids is 1. The van der Waals surface area contributed by atoms with Gasteiger partial charge in [-0.2, -0.15) is 5.10 Å². The number of aromatic amines is 1. The van der Waals surface area contributed by atoms with Gasteiger partial charge in [0.15, 0.2) is 0 Å². The molecule has 0 aliphatic rings. The molecule has 0 aliphatic heterocycles. The molecule has 0 bridgehead atoms. The standard InChI is InChI=1S/C29H30N6O2/c1-18-12-19(2)27(20(3)13-18)32-26(28(36)37)14-21-8-10-23(11-9-21)35-17-22(16-31-35)15-30-29-33-24-6-4-5-7-25(24)34-29/h4-13,16-17,26,32H,14-15H2,1-3H3,(H,36,37)(H2,30,33,34). The van der Waals surface area contributed by atoms with Gasteiger partial charge < -0.3 is 20.7 Å². The zero-order valence-corrected chi connectivity index (χ0v) is 21.1. The average Bonchev–Trinajstić information content (AvgIpc) is 3.51. The Morgan fingerprint density at radius 3 is 2.46 bits per heavy atom. The van der Waals surface area contributed by atoms with Gasteiger partial charge in [0.2, 0.25) is 5.95 Å². The van der Waals surface area contributed by atoms with Gasteiger partial charge in [0, 0.05) is 30.4 Å². The van der Waals surface area contributed by atoms with Crippen LogP contribution >= 0.6 is 0 Å². The Labute approximate surface area is 215 Å². The number of aromatic nitrogens is 4. The third kappa shape index (κ3) is 5.48. The van der Waals surface area contributed by atoms with Gasteiger partial charge in [-0.1, -0.05) is 42.0 Å². The van der Waals surface area contributed by atoms with Crippen molar-refractivity contribution >= 4 is 28.6 Å². The molecule has 3 aromatic carbocycles. The molecule has 37 heavy (non-hydrogen) atoms. The quantitative estimate of drug-likeness (QED) is 0.219. The summed E-state index contributed by atoms with van der Waals surface area (Å²) in [5.74, 6) is -0.159. The number of aryl methyl sites for hydroxylation is 3. The van der Waals surface area contributed by atoms with Crippen LogP contribution in [0.4, 0.5) is 11.6 Å². The Hall–Kier alpha value is -4.59. The van der Waals surface area contributed by atoms with Gasteiger partial charge >= 0.3 is 5.97 Å². The monoisotopic (exact) mass is 494 g/mol. The molecule has 4 N–H and O–H groups in total. The van der Waals surface area contributed by atoms with Gasteiger partial charge in [0.05, 0.1) is 22.9 Å². The highest BCUT2D eigenvalue weighted by atomic mass is 16.4. The second-order valence-electron chi connectivity index (χ2n) is 9.43. The highest BCUT2D eigenvalue weighted by Crippen LogP contribution is 2.24. The number of carboxylic acid groups (broad SMARTS) is 1. The number of benzene rings is 3. The zero-order valence-electron chi connectivity index (χ0n) is 21.1. The van der Waals surface area contributed by atoms with Crippen LogP contribution in [0.5, 0.6) is 0 Å². The molecule has 1 atom stereocenters. The summed E-state index contributed by atoms with van der Waals surface area (Å²) >= 11 is 0. The van der Waals surface area contributed by atoms with Crippen LogP contribution in [-0.4, -0.2) is 36.9 Å². The molecule has 188 valence electrons. The van der Waals surface area contributed by atoms with Crippen molar-refractivity contribution in [2.75, 3.05) is 10.6 Å². The Bertz CT molecular complexity index is 1490. The van der Waals surface area contributed by atoms with Crippen LogP contribution in [0.15, 0.2) is 73.1 Å². The summed E-state index contributed by atoms with van der Waals surface area (Å²) < 4.78 is 1.81. The first-order chi connectivity index (χ1) is 17.9. The van der Waals surface area contributed by atoms with Crippen molar-refractivity contribution in [2.45, 2.75) is 39.8 Å². The average molecular weight is 495 g/mol. The fourth-order valence-electron chi connectivity index (χ4n) is 4.62. The van der Waals surface area contributed by atoms with Gasteiger partial charge in [-0.05, 0) is 61.7 Å².